The molecule has 2 fully saturated rings. The van der Waals surface area contributed by atoms with E-state index in [1.54, 1.807) is 13.8 Å². The molecule has 0 saturated heterocycles. The van der Waals surface area contributed by atoms with Crippen LogP contribution in [0.1, 0.15) is 124 Å². The Morgan fingerprint density at radius 3 is 0.946 bits per heavy atom. The van der Waals surface area contributed by atoms with Crippen LogP contribution in [0.5, 0.6) is 11.5 Å². The van der Waals surface area contributed by atoms with Crippen LogP contribution in [-0.2, 0) is 52.0 Å². The summed E-state index contributed by atoms with van der Waals surface area (Å²) in [4.78, 5) is 4.73. The maximum Gasteiger partial charge on any atom is 2.00 e. The number of fused-ring (bicyclic) bond motifs is 2. The molecule has 8 heteroatoms. The van der Waals surface area contributed by atoms with Gasteiger partial charge in [0.1, 0.15) is 0 Å². The fourth-order valence-electron chi connectivity index (χ4n) is 9.18. The van der Waals surface area contributed by atoms with Crippen molar-refractivity contribution in [3.63, 3.8) is 0 Å². The molecule has 380 valence electrons. The van der Waals surface area contributed by atoms with Gasteiger partial charge in [-0.1, -0.05) is 280 Å². The summed E-state index contributed by atoms with van der Waals surface area (Å²) in [6.45, 7) is 9.01. The van der Waals surface area contributed by atoms with Crippen LogP contribution >= 0.6 is 0 Å². The average Bonchev–Trinajstić information content (AvgIpc) is 3.42. The standard InChI is InChI=1S/2C18H23NO.2C8H9O.2C7H8.2Zn/c2*1-19(16-8-3-2-4-9-16)13-15-12-11-14-7-5-6-10-17(14)18(15)20;2*1-7(9)8-5-3-2-4-6-8;2*1-7-5-3-2-4-6-7;;/h2*5-7,10-12,16,20H,2-4,8-9,13H2,1H3;2*2-7H,1H3;2*2-6H,1H3;;/q;;2*-1;;;2*+2/p-2/t;;2*7-;;;;/m..10..../s1. The monoisotopic (exact) mass is 1090 g/mol. The van der Waals surface area contributed by atoms with Crippen LogP contribution in [0.4, 0.5) is 0 Å². The van der Waals surface area contributed by atoms with Gasteiger partial charge in [-0.05, 0) is 86.3 Å². The van der Waals surface area contributed by atoms with E-state index in [0.717, 1.165) is 56.9 Å². The van der Waals surface area contributed by atoms with Gasteiger partial charge in [0.05, 0.1) is 0 Å². The predicted molar refractivity (Wildman–Crippen MR) is 296 cm³/mol. The molecular formula is C66H78N2O4Zn2. The van der Waals surface area contributed by atoms with E-state index in [0.29, 0.717) is 12.1 Å². The van der Waals surface area contributed by atoms with Gasteiger partial charge in [0.15, 0.2) is 0 Å². The molecule has 2 saturated carbocycles. The summed E-state index contributed by atoms with van der Waals surface area (Å²) in [5.74, 6) is 0.400. The van der Waals surface area contributed by atoms with Gasteiger partial charge in [-0.25, -0.2) is 0 Å². The first-order valence-electron chi connectivity index (χ1n) is 26.1. The van der Waals surface area contributed by atoms with Crippen molar-refractivity contribution >= 4 is 21.5 Å². The third-order valence-electron chi connectivity index (χ3n) is 13.6. The van der Waals surface area contributed by atoms with Crippen molar-refractivity contribution in [3.8, 4) is 11.5 Å². The van der Waals surface area contributed by atoms with E-state index >= 15 is 0 Å². The second-order valence-electron chi connectivity index (χ2n) is 19.4. The van der Waals surface area contributed by atoms with Gasteiger partial charge in [0, 0.05) is 25.2 Å². The Morgan fingerprint density at radius 1 is 0.392 bits per heavy atom. The average molecular weight is 1090 g/mol. The fraction of sp³-hybridized carbons (Fsp3) is 0.333. The summed E-state index contributed by atoms with van der Waals surface area (Å²) in [6, 6.07) is 64.4. The zero-order valence-electron chi connectivity index (χ0n) is 45.2. The second-order valence-corrected chi connectivity index (χ2v) is 19.4. The molecule has 6 nitrogen and oxygen atoms in total. The molecule has 74 heavy (non-hydrogen) atoms. The zero-order chi connectivity index (χ0) is 51.5. The first kappa shape index (κ1) is 63.3. The molecule has 2 aliphatic carbocycles. The van der Waals surface area contributed by atoms with Crippen LogP contribution in [0, 0.1) is 13.8 Å². The van der Waals surface area contributed by atoms with E-state index in [1.165, 1.54) is 75.3 Å². The van der Waals surface area contributed by atoms with Crippen LogP contribution in [0.2, 0.25) is 0 Å². The Morgan fingerprint density at radius 2 is 0.676 bits per heavy atom. The number of hydrogen-bond acceptors (Lipinski definition) is 6. The third kappa shape index (κ3) is 22.0. The number of hydrogen-bond donors (Lipinski definition) is 0. The molecule has 8 aromatic carbocycles. The van der Waals surface area contributed by atoms with Crippen LogP contribution < -0.4 is 20.4 Å². The predicted octanol–water partition coefficient (Wildman–Crippen LogP) is 13.6. The van der Waals surface area contributed by atoms with Crippen molar-refractivity contribution in [1.29, 1.82) is 0 Å². The number of benzene rings is 8. The molecule has 2 aliphatic rings. The minimum Gasteiger partial charge on any atom is -0.872 e. The minimum absolute atomic E-state index is 0. The summed E-state index contributed by atoms with van der Waals surface area (Å²) in [6.07, 6.45) is 12.0. The normalized spacial score (nSPS) is 14.0. The van der Waals surface area contributed by atoms with Crippen molar-refractivity contribution < 1.29 is 59.4 Å². The quantitative estimate of drug-likeness (QED) is 0.141. The van der Waals surface area contributed by atoms with Crippen molar-refractivity contribution in [2.45, 2.75) is 129 Å². The molecule has 0 aromatic heterocycles. The molecule has 0 unspecified atom stereocenters. The van der Waals surface area contributed by atoms with Crippen LogP contribution in [0.3, 0.4) is 0 Å². The van der Waals surface area contributed by atoms with Gasteiger partial charge in [0.25, 0.3) is 0 Å². The zero-order valence-corrected chi connectivity index (χ0v) is 51.1. The molecule has 0 bridgehead atoms. The van der Waals surface area contributed by atoms with E-state index < -0.39 is 12.2 Å². The maximum atomic E-state index is 12.5. The summed E-state index contributed by atoms with van der Waals surface area (Å²) in [7, 11) is 4.31. The van der Waals surface area contributed by atoms with Gasteiger partial charge in [0.2, 0.25) is 0 Å². The van der Waals surface area contributed by atoms with Crippen LogP contribution in [-0.4, -0.2) is 36.0 Å². The SMILES string of the molecule is CN(Cc1ccc2ccccc2c1[O-])C1CCCCC1.CN(Cc1ccc2ccccc2c1[O-])C1CCCCC1.C[C@@H]([O-])c1ccccc1.C[C@H]([O-])c1ccccc1.Cc1ccccc1.Cc1ccccc1.[Zn+2].[Zn+2]. The molecule has 0 aliphatic heterocycles. The molecule has 0 heterocycles. The van der Waals surface area contributed by atoms with Gasteiger partial charge in [-0.2, -0.15) is 0 Å². The number of nitrogens with zero attached hydrogens (tertiary/aromatic N) is 2. The Labute approximate surface area is 470 Å². The van der Waals surface area contributed by atoms with E-state index in [2.05, 4.69) is 74.1 Å². The molecule has 0 amide bonds. The van der Waals surface area contributed by atoms with E-state index in [4.69, 9.17) is 0 Å². The molecule has 0 spiro atoms. The second kappa shape index (κ2) is 35.3. The molecule has 10 rings (SSSR count). The van der Waals surface area contributed by atoms with Gasteiger partial charge < -0.3 is 20.4 Å². The van der Waals surface area contributed by atoms with Crippen molar-refractivity contribution in [1.82, 2.24) is 9.80 Å². The van der Waals surface area contributed by atoms with Crippen molar-refractivity contribution in [3.05, 3.63) is 228 Å². The first-order chi connectivity index (χ1) is 34.9. The molecule has 0 radical (unpaired) electrons. The van der Waals surface area contributed by atoms with Crippen LogP contribution in [0.15, 0.2) is 194 Å². The summed E-state index contributed by atoms with van der Waals surface area (Å²) in [5.41, 5.74) is 6.22. The van der Waals surface area contributed by atoms with Gasteiger partial charge in [-0.15, -0.1) is 12.2 Å². The number of aryl methyl sites for hydroxylation is 2. The largest absolute Gasteiger partial charge is 2.00 e. The summed E-state index contributed by atoms with van der Waals surface area (Å²) >= 11 is 0. The summed E-state index contributed by atoms with van der Waals surface area (Å²) < 4.78 is 0. The Balaban J connectivity index is 0.000000247. The van der Waals surface area contributed by atoms with Crippen LogP contribution in [0.25, 0.3) is 21.5 Å². The molecular weight excluding hydrogens is 1020 g/mol. The Kier molecular flexibility index (Phi) is 30.1. The third-order valence-corrected chi connectivity index (χ3v) is 13.6. The maximum absolute atomic E-state index is 12.5. The van der Waals surface area contributed by atoms with E-state index in [1.807, 2.05) is 158 Å². The Hall–Kier alpha value is -5.03. The summed E-state index contributed by atoms with van der Waals surface area (Å²) in [5, 5.41) is 50.3. The van der Waals surface area contributed by atoms with Gasteiger partial charge >= 0.3 is 39.0 Å². The molecule has 8 aromatic rings. The van der Waals surface area contributed by atoms with Crippen molar-refractivity contribution in [2.24, 2.45) is 0 Å². The van der Waals surface area contributed by atoms with E-state index in [9.17, 15) is 20.4 Å². The smallest absolute Gasteiger partial charge is 0.872 e. The fourth-order valence-corrected chi connectivity index (χ4v) is 9.18. The van der Waals surface area contributed by atoms with E-state index in [-0.39, 0.29) is 50.5 Å². The number of rotatable bonds is 8. The topological polar surface area (TPSA) is 98.7 Å². The minimum atomic E-state index is -0.591. The first-order valence-corrected chi connectivity index (χ1v) is 26.1. The molecule has 0 N–H and O–H groups in total. The molecule has 2 atom stereocenters. The van der Waals surface area contributed by atoms with Gasteiger partial charge in [-0.3, -0.25) is 9.80 Å². The Bertz CT molecular complexity index is 2510. The van der Waals surface area contributed by atoms with Crippen molar-refractivity contribution in [2.75, 3.05) is 14.1 Å².